The van der Waals surface area contributed by atoms with E-state index in [2.05, 4.69) is 64.9 Å². The van der Waals surface area contributed by atoms with Gasteiger partial charge in [-0.3, -0.25) is 4.98 Å². The number of allylic oxidation sites excluding steroid dienone is 2. The number of hydrogen-bond donors (Lipinski definition) is 0. The van der Waals surface area contributed by atoms with E-state index in [9.17, 15) is 0 Å². The first kappa shape index (κ1) is 8.94. The molecule has 1 atom stereocenters. The Bertz CT molecular complexity index is 457. The Labute approximate surface area is 91.0 Å². The molecule has 0 radical (unpaired) electrons. The van der Waals surface area contributed by atoms with Crippen LogP contribution in [-0.4, -0.2) is 8.41 Å². The van der Waals surface area contributed by atoms with Gasteiger partial charge in [0.15, 0.2) is 0 Å². The van der Waals surface area contributed by atoms with Crippen LogP contribution in [0.3, 0.4) is 0 Å². The summed E-state index contributed by atoms with van der Waals surface area (Å²) in [5.41, 5.74) is 0. The molecular formula is C11H10IN. The molecule has 0 saturated carbocycles. The summed E-state index contributed by atoms with van der Waals surface area (Å²) in [6.07, 6.45) is 10.4. The van der Waals surface area contributed by atoms with Crippen LogP contribution in [0.25, 0.3) is 12.2 Å². The zero-order chi connectivity index (χ0) is 9.31. The Kier molecular flexibility index (Phi) is 2.24. The third-order valence-electron chi connectivity index (χ3n) is 1.99. The van der Waals surface area contributed by atoms with Gasteiger partial charge in [0.2, 0.25) is 0 Å². The van der Waals surface area contributed by atoms with Crippen molar-refractivity contribution < 1.29 is 0 Å². The molecule has 1 aliphatic carbocycles. The Balaban J connectivity index is 2.77. The lowest BCUT2D eigenvalue weighted by Gasteiger charge is -2.10. The van der Waals surface area contributed by atoms with E-state index in [0.717, 1.165) is 5.35 Å². The van der Waals surface area contributed by atoms with Crippen molar-refractivity contribution in [2.45, 2.75) is 10.3 Å². The highest BCUT2D eigenvalue weighted by atomic mass is 127. The molecule has 0 spiro atoms. The Morgan fingerprint density at radius 3 is 3.15 bits per heavy atom. The van der Waals surface area contributed by atoms with E-state index in [4.69, 9.17) is 0 Å². The van der Waals surface area contributed by atoms with Gasteiger partial charge in [0.25, 0.3) is 0 Å². The minimum absolute atomic E-state index is 0.0997. The molecule has 0 fully saturated rings. The van der Waals surface area contributed by atoms with Crippen LogP contribution in [0.2, 0.25) is 0 Å². The number of nitrogens with zero attached hydrogens (tertiary/aromatic N) is 1. The van der Waals surface area contributed by atoms with Crippen LogP contribution >= 0.6 is 22.6 Å². The molecule has 1 nitrogen and oxygen atoms in total. The van der Waals surface area contributed by atoms with Crippen molar-refractivity contribution in [3.63, 3.8) is 0 Å². The Hall–Kier alpha value is -0.640. The van der Waals surface area contributed by atoms with Gasteiger partial charge in [0, 0.05) is 6.20 Å². The molecule has 1 unspecified atom stereocenters. The lowest BCUT2D eigenvalue weighted by molar-refractivity contribution is 1.11. The molecule has 66 valence electrons. The van der Waals surface area contributed by atoms with Crippen LogP contribution in [0.1, 0.15) is 6.92 Å². The standard InChI is InChI=1S/C11H10IN/c1-11(12)6-2-5-10-9(8-11)4-3-7-13-10/h2-8H,1H3. The summed E-state index contributed by atoms with van der Waals surface area (Å²) in [6.45, 7) is 2.18. The number of pyridine rings is 1. The van der Waals surface area contributed by atoms with Crippen molar-refractivity contribution >= 4 is 34.7 Å². The molecule has 0 amide bonds. The maximum atomic E-state index is 4.30. The maximum Gasteiger partial charge on any atom is 0.0699 e. The van der Waals surface area contributed by atoms with E-state index in [-0.39, 0.29) is 3.42 Å². The maximum absolute atomic E-state index is 4.30. The number of rotatable bonds is 0. The van der Waals surface area contributed by atoms with Crippen LogP contribution in [0, 0.1) is 0 Å². The average Bonchev–Trinajstić information content (AvgIpc) is 2.21. The van der Waals surface area contributed by atoms with E-state index < -0.39 is 0 Å². The van der Waals surface area contributed by atoms with E-state index in [1.165, 1.54) is 5.22 Å². The molecule has 0 aromatic carbocycles. The number of hydrogen-bond acceptors (Lipinski definition) is 1. The number of alkyl halides is 1. The van der Waals surface area contributed by atoms with E-state index >= 15 is 0 Å². The molecule has 1 heterocycles. The van der Waals surface area contributed by atoms with E-state index in [1.807, 2.05) is 12.3 Å². The minimum atomic E-state index is 0.0997. The molecule has 0 saturated heterocycles. The molecule has 1 aromatic heterocycles. The summed E-state index contributed by atoms with van der Waals surface area (Å²) in [4.78, 5) is 4.30. The number of halogens is 1. The molecule has 1 aliphatic rings. The zero-order valence-electron chi connectivity index (χ0n) is 7.37. The minimum Gasteiger partial charge on any atom is -0.256 e. The van der Waals surface area contributed by atoms with E-state index in [1.54, 1.807) is 0 Å². The smallest absolute Gasteiger partial charge is 0.0699 e. The van der Waals surface area contributed by atoms with Gasteiger partial charge in [-0.25, -0.2) is 0 Å². The van der Waals surface area contributed by atoms with Gasteiger partial charge >= 0.3 is 0 Å². The first-order valence-corrected chi connectivity index (χ1v) is 5.28. The average molecular weight is 283 g/mol. The third kappa shape index (κ3) is 1.99. The first-order valence-electron chi connectivity index (χ1n) is 4.20. The summed E-state index contributed by atoms with van der Waals surface area (Å²) < 4.78 is 0.0997. The lowest BCUT2D eigenvalue weighted by atomic mass is 10.1. The second kappa shape index (κ2) is 3.25. The predicted molar refractivity (Wildman–Crippen MR) is 64.0 cm³/mol. The predicted octanol–water partition coefficient (Wildman–Crippen LogP) is 1.41. The monoisotopic (exact) mass is 283 g/mol. The normalized spacial score (nSPS) is 25.4. The molecule has 0 aliphatic heterocycles. The highest BCUT2D eigenvalue weighted by Gasteiger charge is 2.12. The van der Waals surface area contributed by atoms with Crippen molar-refractivity contribution in [1.29, 1.82) is 0 Å². The van der Waals surface area contributed by atoms with Crippen molar-refractivity contribution in [2.75, 3.05) is 0 Å². The Morgan fingerprint density at radius 1 is 1.46 bits per heavy atom. The van der Waals surface area contributed by atoms with Crippen molar-refractivity contribution in [3.05, 3.63) is 41.0 Å². The zero-order valence-corrected chi connectivity index (χ0v) is 9.52. The summed E-state index contributed by atoms with van der Waals surface area (Å²) in [5.74, 6) is 0. The summed E-state index contributed by atoms with van der Waals surface area (Å²) in [5, 5.41) is 2.27. The fourth-order valence-electron chi connectivity index (χ4n) is 1.37. The van der Waals surface area contributed by atoms with Gasteiger partial charge < -0.3 is 0 Å². The van der Waals surface area contributed by atoms with Gasteiger partial charge in [0.05, 0.1) is 8.77 Å². The van der Waals surface area contributed by atoms with Crippen molar-refractivity contribution in [3.8, 4) is 0 Å². The molecule has 0 N–H and O–H groups in total. The Morgan fingerprint density at radius 2 is 2.31 bits per heavy atom. The second-order valence-corrected chi connectivity index (χ2v) is 5.62. The second-order valence-electron chi connectivity index (χ2n) is 3.30. The summed E-state index contributed by atoms with van der Waals surface area (Å²) >= 11 is 2.42. The van der Waals surface area contributed by atoms with Gasteiger partial charge in [-0.1, -0.05) is 46.9 Å². The lowest BCUT2D eigenvalue weighted by Crippen LogP contribution is -2.28. The molecule has 1 aromatic rings. The van der Waals surface area contributed by atoms with Crippen LogP contribution in [0.4, 0.5) is 0 Å². The molecule has 2 heteroatoms. The summed E-state index contributed by atoms with van der Waals surface area (Å²) in [6, 6.07) is 4.07. The molecule has 0 bridgehead atoms. The first-order chi connectivity index (χ1) is 6.17. The van der Waals surface area contributed by atoms with E-state index in [0.29, 0.717) is 0 Å². The fourth-order valence-corrected chi connectivity index (χ4v) is 1.91. The van der Waals surface area contributed by atoms with Gasteiger partial charge in [-0.2, -0.15) is 0 Å². The summed E-state index contributed by atoms with van der Waals surface area (Å²) in [7, 11) is 0. The van der Waals surface area contributed by atoms with Crippen molar-refractivity contribution in [2.24, 2.45) is 0 Å². The third-order valence-corrected chi connectivity index (χ3v) is 2.66. The number of aromatic nitrogens is 1. The molecule has 2 rings (SSSR count). The van der Waals surface area contributed by atoms with Crippen LogP contribution < -0.4 is 10.6 Å². The largest absolute Gasteiger partial charge is 0.256 e. The molecular weight excluding hydrogens is 273 g/mol. The topological polar surface area (TPSA) is 12.9 Å². The van der Waals surface area contributed by atoms with Crippen LogP contribution in [0.5, 0.6) is 0 Å². The van der Waals surface area contributed by atoms with Crippen LogP contribution in [-0.2, 0) is 0 Å². The highest BCUT2D eigenvalue weighted by molar-refractivity contribution is 14.1. The van der Waals surface area contributed by atoms with Crippen LogP contribution in [0.15, 0.2) is 30.5 Å². The highest BCUT2D eigenvalue weighted by Crippen LogP contribution is 2.21. The van der Waals surface area contributed by atoms with Gasteiger partial charge in [0.1, 0.15) is 0 Å². The van der Waals surface area contributed by atoms with Gasteiger partial charge in [-0.05, 0) is 24.3 Å². The quantitative estimate of drug-likeness (QED) is 0.518. The van der Waals surface area contributed by atoms with Gasteiger partial charge in [-0.15, -0.1) is 0 Å². The fraction of sp³-hybridized carbons (Fsp3) is 0.182. The number of fused-ring (bicyclic) bond motifs is 1. The molecule has 13 heavy (non-hydrogen) atoms. The SMILES string of the molecule is CC1(I)C=CC=c2ncccc2=C1. The van der Waals surface area contributed by atoms with Crippen molar-refractivity contribution in [1.82, 2.24) is 4.98 Å².